The van der Waals surface area contributed by atoms with Crippen LogP contribution < -0.4 is 10.8 Å². The number of hydrogen-bond acceptors (Lipinski definition) is 6. The van der Waals surface area contributed by atoms with Gasteiger partial charge in [-0.15, -0.1) is 22.7 Å². The van der Waals surface area contributed by atoms with Gasteiger partial charge >= 0.3 is 0 Å². The van der Waals surface area contributed by atoms with Crippen LogP contribution in [0.4, 0.5) is 5.13 Å². The molecule has 94 valence electrons. The number of carbonyl (C=O) groups is 2. The van der Waals surface area contributed by atoms with Crippen LogP contribution in [0.1, 0.15) is 15.4 Å². The van der Waals surface area contributed by atoms with Gasteiger partial charge in [0, 0.05) is 5.38 Å². The summed E-state index contributed by atoms with van der Waals surface area (Å²) in [5.41, 5.74) is 2.02. The van der Waals surface area contributed by atoms with Gasteiger partial charge in [0.05, 0.1) is 17.0 Å². The molecule has 0 aromatic carbocycles. The molecule has 0 bridgehead atoms. The maximum absolute atomic E-state index is 11.7. The molecule has 0 fully saturated rings. The van der Waals surface area contributed by atoms with Crippen molar-refractivity contribution in [3.63, 3.8) is 0 Å². The molecule has 0 unspecified atom stereocenters. The lowest BCUT2D eigenvalue weighted by Gasteiger charge is -1.97. The Morgan fingerprint density at radius 2 is 2.22 bits per heavy atom. The number of rotatable bonds is 4. The molecular formula is C10H9N3O3S2. The summed E-state index contributed by atoms with van der Waals surface area (Å²) in [4.78, 5) is 27.3. The van der Waals surface area contributed by atoms with E-state index in [4.69, 9.17) is 5.21 Å². The minimum absolute atomic E-state index is 0.0259. The Balaban J connectivity index is 1.98. The van der Waals surface area contributed by atoms with Crippen molar-refractivity contribution in [1.82, 2.24) is 10.5 Å². The summed E-state index contributed by atoms with van der Waals surface area (Å²) in [5, 5.41) is 14.9. The van der Waals surface area contributed by atoms with E-state index in [-0.39, 0.29) is 12.3 Å². The monoisotopic (exact) mass is 283 g/mol. The van der Waals surface area contributed by atoms with Crippen molar-refractivity contribution in [2.45, 2.75) is 6.42 Å². The molecule has 2 rings (SSSR count). The number of amides is 2. The predicted octanol–water partition coefficient (Wildman–Crippen LogP) is 1.50. The maximum atomic E-state index is 11.7. The first-order valence-electron chi connectivity index (χ1n) is 4.91. The lowest BCUT2D eigenvalue weighted by atomic mass is 10.3. The summed E-state index contributed by atoms with van der Waals surface area (Å²) >= 11 is 2.57. The lowest BCUT2D eigenvalue weighted by molar-refractivity contribution is -0.128. The first kappa shape index (κ1) is 12.7. The van der Waals surface area contributed by atoms with Crippen molar-refractivity contribution in [3.05, 3.63) is 33.5 Å². The molecule has 2 heterocycles. The van der Waals surface area contributed by atoms with Crippen molar-refractivity contribution in [2.75, 3.05) is 5.32 Å². The van der Waals surface area contributed by atoms with E-state index in [2.05, 4.69) is 10.3 Å². The molecule has 0 radical (unpaired) electrons. The van der Waals surface area contributed by atoms with Gasteiger partial charge in [-0.25, -0.2) is 10.5 Å². The number of carbonyl (C=O) groups excluding carboxylic acids is 2. The SMILES string of the molecule is O=C(Cc1csc(NC(=O)c2cccs2)n1)NO. The Morgan fingerprint density at radius 3 is 2.89 bits per heavy atom. The fraction of sp³-hybridized carbons (Fsp3) is 0.100. The quantitative estimate of drug-likeness (QED) is 0.586. The summed E-state index contributed by atoms with van der Waals surface area (Å²) in [6, 6.07) is 3.51. The van der Waals surface area contributed by atoms with Crippen molar-refractivity contribution in [3.8, 4) is 0 Å². The summed E-state index contributed by atoms with van der Waals surface area (Å²) < 4.78 is 0. The number of anilines is 1. The van der Waals surface area contributed by atoms with Gasteiger partial charge in [-0.05, 0) is 11.4 Å². The number of thiazole rings is 1. The number of nitrogens with zero attached hydrogens (tertiary/aromatic N) is 1. The predicted molar refractivity (Wildman–Crippen MR) is 68.0 cm³/mol. The van der Waals surface area contributed by atoms with E-state index in [0.29, 0.717) is 15.7 Å². The first-order valence-corrected chi connectivity index (χ1v) is 6.67. The highest BCUT2D eigenvalue weighted by Gasteiger charge is 2.11. The maximum Gasteiger partial charge on any atom is 0.267 e. The van der Waals surface area contributed by atoms with Crippen LogP contribution in [-0.2, 0) is 11.2 Å². The average molecular weight is 283 g/mol. The van der Waals surface area contributed by atoms with Crippen molar-refractivity contribution in [1.29, 1.82) is 0 Å². The Bertz CT molecular complexity index is 550. The third-order valence-electron chi connectivity index (χ3n) is 1.98. The molecule has 3 N–H and O–H groups in total. The van der Waals surface area contributed by atoms with E-state index in [1.807, 2.05) is 5.38 Å². The molecule has 0 saturated heterocycles. The largest absolute Gasteiger partial charge is 0.297 e. The fourth-order valence-electron chi connectivity index (χ4n) is 1.22. The molecule has 18 heavy (non-hydrogen) atoms. The molecule has 2 amide bonds. The van der Waals surface area contributed by atoms with Crippen LogP contribution in [-0.4, -0.2) is 22.0 Å². The summed E-state index contributed by atoms with van der Waals surface area (Å²) in [5.74, 6) is -0.769. The van der Waals surface area contributed by atoms with Crippen LogP contribution in [0, 0.1) is 0 Å². The van der Waals surface area contributed by atoms with Gasteiger partial charge in [-0.1, -0.05) is 6.07 Å². The molecule has 0 aliphatic carbocycles. The molecular weight excluding hydrogens is 274 g/mol. The number of nitrogens with one attached hydrogen (secondary N) is 2. The van der Waals surface area contributed by atoms with Crippen molar-refractivity contribution < 1.29 is 14.8 Å². The van der Waals surface area contributed by atoms with Crippen LogP contribution in [0.5, 0.6) is 0 Å². The Labute approximate surface area is 110 Å². The lowest BCUT2D eigenvalue weighted by Crippen LogP contribution is -2.20. The molecule has 8 heteroatoms. The molecule has 0 aliphatic heterocycles. The van der Waals surface area contributed by atoms with E-state index in [1.54, 1.807) is 17.5 Å². The first-order chi connectivity index (χ1) is 8.69. The topological polar surface area (TPSA) is 91.3 Å². The Morgan fingerprint density at radius 1 is 1.39 bits per heavy atom. The highest BCUT2D eigenvalue weighted by molar-refractivity contribution is 7.14. The Kier molecular flexibility index (Phi) is 4.03. The number of hydrogen-bond donors (Lipinski definition) is 3. The van der Waals surface area contributed by atoms with Crippen LogP contribution >= 0.6 is 22.7 Å². The second-order valence-corrected chi connectivity index (χ2v) is 5.09. The van der Waals surface area contributed by atoms with E-state index in [9.17, 15) is 9.59 Å². The van der Waals surface area contributed by atoms with Crippen LogP contribution in [0.15, 0.2) is 22.9 Å². The molecule has 0 aliphatic rings. The van der Waals surface area contributed by atoms with E-state index in [1.165, 1.54) is 28.2 Å². The minimum atomic E-state index is -0.545. The number of thiophene rings is 1. The van der Waals surface area contributed by atoms with Crippen molar-refractivity contribution in [2.24, 2.45) is 0 Å². The van der Waals surface area contributed by atoms with Crippen molar-refractivity contribution >= 4 is 39.6 Å². The zero-order valence-corrected chi connectivity index (χ0v) is 10.7. The molecule has 0 spiro atoms. The second kappa shape index (κ2) is 5.71. The van der Waals surface area contributed by atoms with Gasteiger partial charge in [0.1, 0.15) is 0 Å². The fourth-order valence-corrected chi connectivity index (χ4v) is 2.54. The Hall–Kier alpha value is -1.77. The highest BCUT2D eigenvalue weighted by Crippen LogP contribution is 2.18. The summed E-state index contributed by atoms with van der Waals surface area (Å²) in [6.45, 7) is 0. The molecule has 0 atom stereocenters. The highest BCUT2D eigenvalue weighted by atomic mass is 32.1. The van der Waals surface area contributed by atoms with E-state index < -0.39 is 5.91 Å². The molecule has 2 aromatic heterocycles. The molecule has 2 aromatic rings. The van der Waals surface area contributed by atoms with Gasteiger partial charge in [0.2, 0.25) is 5.91 Å². The summed E-state index contributed by atoms with van der Waals surface area (Å²) in [6.07, 6.45) is -0.0259. The second-order valence-electron chi connectivity index (χ2n) is 3.29. The third-order valence-corrected chi connectivity index (χ3v) is 3.66. The number of hydroxylamine groups is 1. The third kappa shape index (κ3) is 3.13. The van der Waals surface area contributed by atoms with Gasteiger partial charge in [0.15, 0.2) is 5.13 Å². The standard InChI is InChI=1S/C10H9N3O3S2/c14-8(13-16)4-6-5-18-10(11-6)12-9(15)7-2-1-3-17-7/h1-3,5,16H,4H2,(H,13,14)(H,11,12,15). The zero-order chi connectivity index (χ0) is 13.0. The van der Waals surface area contributed by atoms with Gasteiger partial charge < -0.3 is 0 Å². The molecule has 6 nitrogen and oxygen atoms in total. The zero-order valence-electron chi connectivity index (χ0n) is 9.04. The smallest absolute Gasteiger partial charge is 0.267 e. The van der Waals surface area contributed by atoms with Gasteiger partial charge in [-0.3, -0.25) is 20.1 Å². The molecule has 0 saturated carbocycles. The minimum Gasteiger partial charge on any atom is -0.297 e. The van der Waals surface area contributed by atoms with Crippen LogP contribution in [0.3, 0.4) is 0 Å². The van der Waals surface area contributed by atoms with E-state index >= 15 is 0 Å². The summed E-state index contributed by atoms with van der Waals surface area (Å²) in [7, 11) is 0. The number of aromatic nitrogens is 1. The van der Waals surface area contributed by atoms with Gasteiger partial charge in [-0.2, -0.15) is 0 Å². The van der Waals surface area contributed by atoms with Crippen LogP contribution in [0.25, 0.3) is 0 Å². The normalized spacial score (nSPS) is 10.1. The van der Waals surface area contributed by atoms with E-state index in [0.717, 1.165) is 0 Å². The van der Waals surface area contributed by atoms with Crippen LogP contribution in [0.2, 0.25) is 0 Å². The average Bonchev–Trinajstić information content (AvgIpc) is 3.00. The van der Waals surface area contributed by atoms with Gasteiger partial charge in [0.25, 0.3) is 5.91 Å².